The van der Waals surface area contributed by atoms with Crippen LogP contribution >= 0.6 is 12.2 Å². The van der Waals surface area contributed by atoms with E-state index in [4.69, 9.17) is 12.2 Å². The van der Waals surface area contributed by atoms with Crippen molar-refractivity contribution in [2.75, 3.05) is 6.54 Å². The van der Waals surface area contributed by atoms with E-state index in [9.17, 15) is 0 Å². The maximum absolute atomic E-state index is 5.06. The molecule has 0 aliphatic heterocycles. The summed E-state index contributed by atoms with van der Waals surface area (Å²) < 4.78 is 0. The van der Waals surface area contributed by atoms with E-state index in [0.29, 0.717) is 6.04 Å². The van der Waals surface area contributed by atoms with Crippen LogP contribution < -0.4 is 10.6 Å². The Morgan fingerprint density at radius 1 is 1.55 bits per heavy atom. The standard InChI is InChI=1S/C8H16N2S/c1-2-3-6-9-8(11)10-7-4-5-7/h7H,2-6H2,1H3,(H2,9,10,11). The zero-order valence-electron chi connectivity index (χ0n) is 7.02. The van der Waals surface area contributed by atoms with Gasteiger partial charge in [-0.05, 0) is 31.5 Å². The molecule has 3 heteroatoms. The van der Waals surface area contributed by atoms with Gasteiger partial charge in [-0.25, -0.2) is 0 Å². The summed E-state index contributed by atoms with van der Waals surface area (Å²) in [5.74, 6) is 0. The van der Waals surface area contributed by atoms with Crippen molar-refractivity contribution in [3.8, 4) is 0 Å². The van der Waals surface area contributed by atoms with Gasteiger partial charge in [-0.3, -0.25) is 0 Å². The van der Waals surface area contributed by atoms with Crippen LogP contribution in [0.2, 0.25) is 0 Å². The highest BCUT2D eigenvalue weighted by atomic mass is 32.1. The Hall–Kier alpha value is -0.310. The summed E-state index contributed by atoms with van der Waals surface area (Å²) >= 11 is 5.06. The van der Waals surface area contributed by atoms with Crippen LogP contribution in [-0.4, -0.2) is 17.7 Å². The molecule has 0 spiro atoms. The molecule has 1 aliphatic carbocycles. The van der Waals surface area contributed by atoms with Gasteiger partial charge in [0.25, 0.3) is 0 Å². The van der Waals surface area contributed by atoms with Crippen molar-refractivity contribution >= 4 is 17.3 Å². The molecule has 0 aromatic rings. The fraction of sp³-hybridized carbons (Fsp3) is 0.875. The van der Waals surface area contributed by atoms with E-state index in [0.717, 1.165) is 11.7 Å². The van der Waals surface area contributed by atoms with Crippen LogP contribution in [0, 0.1) is 0 Å². The van der Waals surface area contributed by atoms with Gasteiger partial charge < -0.3 is 10.6 Å². The topological polar surface area (TPSA) is 24.1 Å². The van der Waals surface area contributed by atoms with Crippen molar-refractivity contribution in [1.29, 1.82) is 0 Å². The quantitative estimate of drug-likeness (QED) is 0.495. The molecule has 0 unspecified atom stereocenters. The normalized spacial score (nSPS) is 16.1. The summed E-state index contributed by atoms with van der Waals surface area (Å²) in [6.07, 6.45) is 5.00. The fourth-order valence-corrected chi connectivity index (χ4v) is 1.11. The van der Waals surface area contributed by atoms with Gasteiger partial charge >= 0.3 is 0 Å². The summed E-state index contributed by atoms with van der Waals surface area (Å²) in [5, 5.41) is 7.24. The summed E-state index contributed by atoms with van der Waals surface area (Å²) in [6, 6.07) is 0.677. The minimum absolute atomic E-state index is 0.677. The Morgan fingerprint density at radius 2 is 2.27 bits per heavy atom. The highest BCUT2D eigenvalue weighted by Gasteiger charge is 2.21. The fourth-order valence-electron chi connectivity index (χ4n) is 0.843. The molecule has 0 atom stereocenters. The first-order valence-corrected chi connectivity index (χ1v) is 4.78. The molecule has 1 saturated carbocycles. The lowest BCUT2D eigenvalue weighted by Crippen LogP contribution is -2.36. The van der Waals surface area contributed by atoms with Crippen molar-refractivity contribution in [3.63, 3.8) is 0 Å². The molecule has 11 heavy (non-hydrogen) atoms. The third-order valence-electron chi connectivity index (χ3n) is 1.73. The van der Waals surface area contributed by atoms with E-state index in [1.54, 1.807) is 0 Å². The summed E-state index contributed by atoms with van der Waals surface area (Å²) in [5.41, 5.74) is 0. The molecule has 0 heterocycles. The highest BCUT2D eigenvalue weighted by Crippen LogP contribution is 2.18. The van der Waals surface area contributed by atoms with Crippen LogP contribution in [0.25, 0.3) is 0 Å². The van der Waals surface area contributed by atoms with E-state index in [-0.39, 0.29) is 0 Å². The molecule has 1 fully saturated rings. The average Bonchev–Trinajstić information content (AvgIpc) is 2.72. The van der Waals surface area contributed by atoms with Crippen molar-refractivity contribution < 1.29 is 0 Å². The molecular formula is C8H16N2S. The van der Waals surface area contributed by atoms with Gasteiger partial charge in [0.15, 0.2) is 5.11 Å². The first-order chi connectivity index (χ1) is 5.33. The Bertz CT molecular complexity index is 132. The Labute approximate surface area is 73.7 Å². The zero-order valence-corrected chi connectivity index (χ0v) is 7.84. The molecule has 0 amide bonds. The van der Waals surface area contributed by atoms with Crippen LogP contribution in [0.4, 0.5) is 0 Å². The molecule has 0 aromatic carbocycles. The predicted octanol–water partition coefficient (Wildman–Crippen LogP) is 1.41. The minimum Gasteiger partial charge on any atom is -0.363 e. The maximum Gasteiger partial charge on any atom is 0.166 e. The molecule has 2 nitrogen and oxygen atoms in total. The van der Waals surface area contributed by atoms with Crippen LogP contribution in [0.1, 0.15) is 32.6 Å². The van der Waals surface area contributed by atoms with Crippen molar-refractivity contribution in [2.45, 2.75) is 38.6 Å². The molecule has 0 radical (unpaired) electrons. The second-order valence-electron chi connectivity index (χ2n) is 3.03. The van der Waals surface area contributed by atoms with E-state index in [1.165, 1.54) is 25.7 Å². The number of hydrogen-bond donors (Lipinski definition) is 2. The summed E-state index contributed by atoms with van der Waals surface area (Å²) in [6.45, 7) is 3.19. The van der Waals surface area contributed by atoms with Crippen LogP contribution in [-0.2, 0) is 0 Å². The molecule has 64 valence electrons. The van der Waals surface area contributed by atoms with Gasteiger partial charge in [0, 0.05) is 12.6 Å². The number of hydrogen-bond acceptors (Lipinski definition) is 1. The largest absolute Gasteiger partial charge is 0.363 e. The predicted molar refractivity (Wildman–Crippen MR) is 51.7 cm³/mol. The highest BCUT2D eigenvalue weighted by molar-refractivity contribution is 7.80. The lowest BCUT2D eigenvalue weighted by molar-refractivity contribution is 0.738. The molecule has 0 bridgehead atoms. The lowest BCUT2D eigenvalue weighted by atomic mass is 10.3. The van der Waals surface area contributed by atoms with Crippen LogP contribution in [0.5, 0.6) is 0 Å². The van der Waals surface area contributed by atoms with Crippen molar-refractivity contribution in [3.05, 3.63) is 0 Å². The molecule has 1 aliphatic rings. The lowest BCUT2D eigenvalue weighted by Gasteiger charge is -2.07. The second-order valence-corrected chi connectivity index (χ2v) is 3.44. The van der Waals surface area contributed by atoms with Gasteiger partial charge in [-0.1, -0.05) is 13.3 Å². The maximum atomic E-state index is 5.06. The van der Waals surface area contributed by atoms with Gasteiger partial charge in [0.1, 0.15) is 0 Å². The number of unbranched alkanes of at least 4 members (excludes halogenated alkanes) is 1. The Kier molecular flexibility index (Phi) is 3.63. The van der Waals surface area contributed by atoms with Gasteiger partial charge in [0.2, 0.25) is 0 Å². The molecule has 1 rings (SSSR count). The monoisotopic (exact) mass is 172 g/mol. The third-order valence-corrected chi connectivity index (χ3v) is 1.99. The smallest absolute Gasteiger partial charge is 0.166 e. The van der Waals surface area contributed by atoms with E-state index < -0.39 is 0 Å². The second kappa shape index (κ2) is 4.54. The number of thiocarbonyl (C=S) groups is 1. The van der Waals surface area contributed by atoms with E-state index >= 15 is 0 Å². The van der Waals surface area contributed by atoms with Crippen molar-refractivity contribution in [1.82, 2.24) is 10.6 Å². The van der Waals surface area contributed by atoms with E-state index in [1.807, 2.05) is 0 Å². The average molecular weight is 172 g/mol. The van der Waals surface area contributed by atoms with Crippen molar-refractivity contribution in [2.24, 2.45) is 0 Å². The Morgan fingerprint density at radius 3 is 2.82 bits per heavy atom. The summed E-state index contributed by atoms with van der Waals surface area (Å²) in [4.78, 5) is 0. The molecular weight excluding hydrogens is 156 g/mol. The third kappa shape index (κ3) is 4.19. The van der Waals surface area contributed by atoms with E-state index in [2.05, 4.69) is 17.6 Å². The number of nitrogens with one attached hydrogen (secondary N) is 2. The first-order valence-electron chi connectivity index (χ1n) is 4.37. The molecule has 0 saturated heterocycles. The molecule has 0 aromatic heterocycles. The Balaban J connectivity index is 1.92. The van der Waals surface area contributed by atoms with Gasteiger partial charge in [0.05, 0.1) is 0 Å². The SMILES string of the molecule is CCCCNC(=S)NC1CC1. The number of rotatable bonds is 4. The molecule has 2 N–H and O–H groups in total. The van der Waals surface area contributed by atoms with Crippen LogP contribution in [0.3, 0.4) is 0 Å². The minimum atomic E-state index is 0.677. The first kappa shape index (κ1) is 8.78. The summed E-state index contributed by atoms with van der Waals surface area (Å²) in [7, 11) is 0. The zero-order chi connectivity index (χ0) is 8.10. The van der Waals surface area contributed by atoms with Gasteiger partial charge in [-0.2, -0.15) is 0 Å². The van der Waals surface area contributed by atoms with Crippen LogP contribution in [0.15, 0.2) is 0 Å². The van der Waals surface area contributed by atoms with Gasteiger partial charge in [-0.15, -0.1) is 0 Å².